The number of aromatic nitrogens is 3. The number of benzene rings is 1. The molecule has 0 bridgehead atoms. The van der Waals surface area contributed by atoms with Gasteiger partial charge in [-0.15, -0.1) is 11.3 Å². The minimum atomic E-state index is -0.562. The number of halogens is 2. The first-order chi connectivity index (χ1) is 16.7. The maximum atomic E-state index is 14.5. The van der Waals surface area contributed by atoms with Crippen LogP contribution in [-0.4, -0.2) is 15.0 Å². The summed E-state index contributed by atoms with van der Waals surface area (Å²) in [5.41, 5.74) is 4.51. The van der Waals surface area contributed by atoms with Crippen LogP contribution in [0.4, 0.5) is 13.9 Å². The molecule has 1 fully saturated rings. The number of hydrogen-bond donors (Lipinski definition) is 1. The van der Waals surface area contributed by atoms with Gasteiger partial charge < -0.3 is 5.32 Å². The van der Waals surface area contributed by atoms with Crippen molar-refractivity contribution < 1.29 is 8.78 Å². The largest absolute Gasteiger partial charge is 0.331 e. The summed E-state index contributed by atoms with van der Waals surface area (Å²) in [6, 6.07) is 7.90. The number of anilines is 1. The molecular formula is C26H24F2N4S2. The van der Waals surface area contributed by atoms with E-state index in [0.29, 0.717) is 10.8 Å². The molecule has 1 N–H and O–H groups in total. The van der Waals surface area contributed by atoms with Crippen molar-refractivity contribution >= 4 is 33.5 Å². The van der Waals surface area contributed by atoms with E-state index in [-0.39, 0.29) is 5.56 Å². The number of rotatable bonds is 4. The Bertz CT molecular complexity index is 1330. The third-order valence-corrected chi connectivity index (χ3v) is 7.82. The molecule has 0 atom stereocenters. The zero-order chi connectivity index (χ0) is 23.7. The Kier molecular flexibility index (Phi) is 6.52. The summed E-state index contributed by atoms with van der Waals surface area (Å²) in [6.07, 6.45) is 8.08. The summed E-state index contributed by atoms with van der Waals surface area (Å²) in [7, 11) is 0. The summed E-state index contributed by atoms with van der Waals surface area (Å²) in [6.45, 7) is 4.00. The zero-order valence-corrected chi connectivity index (χ0v) is 20.6. The highest BCUT2D eigenvalue weighted by Crippen LogP contribution is 2.44. The van der Waals surface area contributed by atoms with Crippen LogP contribution in [0.1, 0.15) is 49.2 Å². The van der Waals surface area contributed by atoms with Crippen molar-refractivity contribution in [2.45, 2.75) is 46.0 Å². The van der Waals surface area contributed by atoms with Crippen LogP contribution in [0, 0.1) is 11.6 Å². The lowest BCUT2D eigenvalue weighted by Crippen LogP contribution is -2.04. The van der Waals surface area contributed by atoms with E-state index in [0.717, 1.165) is 64.5 Å². The molecule has 0 aliphatic heterocycles. The van der Waals surface area contributed by atoms with E-state index in [1.54, 1.807) is 17.5 Å². The Balaban J connectivity index is 0.00000117. The van der Waals surface area contributed by atoms with Gasteiger partial charge in [0.1, 0.15) is 16.6 Å². The first-order valence-electron chi connectivity index (χ1n) is 11.5. The fourth-order valence-corrected chi connectivity index (χ4v) is 6.17. The van der Waals surface area contributed by atoms with Crippen LogP contribution in [0.5, 0.6) is 0 Å². The molecule has 6 rings (SSSR count). The van der Waals surface area contributed by atoms with Gasteiger partial charge in [-0.3, -0.25) is 4.98 Å². The van der Waals surface area contributed by atoms with E-state index in [9.17, 15) is 8.78 Å². The van der Waals surface area contributed by atoms with Crippen molar-refractivity contribution in [3.8, 4) is 21.1 Å². The number of aryl methyl sites for hydroxylation is 2. The summed E-state index contributed by atoms with van der Waals surface area (Å²) in [5.74, 6) is -1.12. The van der Waals surface area contributed by atoms with Gasteiger partial charge in [0.25, 0.3) is 0 Å². The Labute approximate surface area is 205 Å². The standard InChI is InChI=1S/C24H18F2N4S2.C2H6/c25-15-5-1-6-16(26)19(15)20(13-9-10-13)30-24-28-17-7-2-8-18-21(22(17)32-24)29-23(31-18)14-4-3-11-27-12-14;1-2/h1,3-6,11-12H,2,7-10H2,(H,28,30);1-2H3. The van der Waals surface area contributed by atoms with Crippen molar-refractivity contribution in [2.24, 2.45) is 0 Å². The SMILES string of the molecule is CC.Fc1cccc(F)c1C(Nc1nc2c(s1)-c1nc(-c3cccnc3)sc1CCC2)=C1CC1. The molecule has 34 heavy (non-hydrogen) atoms. The monoisotopic (exact) mass is 494 g/mol. The minimum Gasteiger partial charge on any atom is -0.331 e. The Morgan fingerprint density at radius 1 is 0.941 bits per heavy atom. The number of nitrogens with zero attached hydrogens (tertiary/aromatic N) is 3. The van der Waals surface area contributed by atoms with E-state index < -0.39 is 11.6 Å². The topological polar surface area (TPSA) is 50.7 Å². The predicted molar refractivity (Wildman–Crippen MR) is 136 cm³/mol. The van der Waals surface area contributed by atoms with Crippen molar-refractivity contribution in [3.63, 3.8) is 0 Å². The Morgan fingerprint density at radius 3 is 2.44 bits per heavy atom. The van der Waals surface area contributed by atoms with E-state index in [4.69, 9.17) is 9.97 Å². The molecule has 8 heteroatoms. The lowest BCUT2D eigenvalue weighted by molar-refractivity contribution is 0.577. The van der Waals surface area contributed by atoms with Crippen molar-refractivity contribution in [3.05, 3.63) is 76.1 Å². The molecule has 174 valence electrons. The first-order valence-corrected chi connectivity index (χ1v) is 13.1. The number of hydrogen-bond acceptors (Lipinski definition) is 6. The fourth-order valence-electron chi connectivity index (χ4n) is 3.97. The second-order valence-electron chi connectivity index (χ2n) is 7.88. The smallest absolute Gasteiger partial charge is 0.188 e. The van der Waals surface area contributed by atoms with Crippen molar-refractivity contribution in [2.75, 3.05) is 5.32 Å². The van der Waals surface area contributed by atoms with Crippen LogP contribution in [0.3, 0.4) is 0 Å². The number of nitrogens with one attached hydrogen (secondary N) is 1. The summed E-state index contributed by atoms with van der Waals surface area (Å²) in [5, 5.41) is 4.86. The van der Waals surface area contributed by atoms with E-state index in [2.05, 4.69) is 10.3 Å². The van der Waals surface area contributed by atoms with Crippen molar-refractivity contribution in [1.29, 1.82) is 0 Å². The Morgan fingerprint density at radius 2 is 1.74 bits per heavy atom. The number of thiazole rings is 2. The second-order valence-corrected chi connectivity index (χ2v) is 9.96. The molecular weight excluding hydrogens is 470 g/mol. The summed E-state index contributed by atoms with van der Waals surface area (Å²) < 4.78 is 29.0. The average Bonchev–Trinajstić information content (AvgIpc) is 3.54. The van der Waals surface area contributed by atoms with Gasteiger partial charge in [-0.05, 0) is 61.9 Å². The van der Waals surface area contributed by atoms with Gasteiger partial charge in [0.2, 0.25) is 0 Å². The van der Waals surface area contributed by atoms with Gasteiger partial charge in [-0.25, -0.2) is 18.7 Å². The molecule has 0 amide bonds. The molecule has 4 aromatic rings. The van der Waals surface area contributed by atoms with Crippen LogP contribution >= 0.6 is 22.7 Å². The molecule has 0 unspecified atom stereocenters. The highest BCUT2D eigenvalue weighted by molar-refractivity contribution is 7.20. The van der Waals surface area contributed by atoms with E-state index >= 15 is 0 Å². The maximum Gasteiger partial charge on any atom is 0.188 e. The molecule has 2 aliphatic carbocycles. The van der Waals surface area contributed by atoms with Gasteiger partial charge in [0, 0.05) is 22.8 Å². The average molecular weight is 495 g/mol. The second kappa shape index (κ2) is 9.72. The van der Waals surface area contributed by atoms with Gasteiger partial charge in [-0.2, -0.15) is 0 Å². The lowest BCUT2D eigenvalue weighted by atomic mass is 10.1. The molecule has 1 aromatic carbocycles. The number of fused-ring (bicyclic) bond motifs is 3. The molecule has 2 aliphatic rings. The molecule has 3 heterocycles. The highest BCUT2D eigenvalue weighted by Gasteiger charge is 2.27. The lowest BCUT2D eigenvalue weighted by Gasteiger charge is -2.11. The molecule has 0 saturated heterocycles. The third kappa shape index (κ3) is 4.40. The fraction of sp³-hybridized carbons (Fsp3) is 0.269. The third-order valence-electron chi connectivity index (χ3n) is 5.63. The molecule has 0 spiro atoms. The first kappa shape index (κ1) is 22.8. The highest BCUT2D eigenvalue weighted by atomic mass is 32.1. The van der Waals surface area contributed by atoms with E-state index in [1.807, 2.05) is 32.2 Å². The zero-order valence-electron chi connectivity index (χ0n) is 19.0. The summed E-state index contributed by atoms with van der Waals surface area (Å²) >= 11 is 3.21. The van der Waals surface area contributed by atoms with Gasteiger partial charge in [-0.1, -0.05) is 31.3 Å². The molecule has 1 saturated carbocycles. The van der Waals surface area contributed by atoms with Crippen LogP contribution in [0.25, 0.3) is 26.8 Å². The summed E-state index contributed by atoms with van der Waals surface area (Å²) in [4.78, 5) is 16.2. The molecule has 4 nitrogen and oxygen atoms in total. The van der Waals surface area contributed by atoms with E-state index in [1.165, 1.54) is 34.4 Å². The van der Waals surface area contributed by atoms with Gasteiger partial charge in [0.05, 0.1) is 27.5 Å². The normalized spacial score (nSPS) is 13.8. The molecule has 3 aromatic heterocycles. The predicted octanol–water partition coefficient (Wildman–Crippen LogP) is 7.74. The van der Waals surface area contributed by atoms with Gasteiger partial charge >= 0.3 is 0 Å². The van der Waals surface area contributed by atoms with Crippen LogP contribution in [0.2, 0.25) is 0 Å². The van der Waals surface area contributed by atoms with Crippen LogP contribution in [0.15, 0.2) is 48.3 Å². The minimum absolute atomic E-state index is 0.00129. The van der Waals surface area contributed by atoms with Gasteiger partial charge in [0.15, 0.2) is 5.13 Å². The Hall–Kier alpha value is -2.97. The van der Waals surface area contributed by atoms with Crippen molar-refractivity contribution in [1.82, 2.24) is 15.0 Å². The number of pyridine rings is 1. The number of allylic oxidation sites excluding steroid dienone is 1. The quantitative estimate of drug-likeness (QED) is 0.315. The molecule has 0 radical (unpaired) electrons. The maximum absolute atomic E-state index is 14.5. The van der Waals surface area contributed by atoms with Crippen LogP contribution in [-0.2, 0) is 12.8 Å². The van der Waals surface area contributed by atoms with Crippen LogP contribution < -0.4 is 5.32 Å².